The van der Waals surface area contributed by atoms with Gasteiger partial charge in [-0.15, -0.1) is 22.0 Å². The van der Waals surface area contributed by atoms with E-state index in [0.717, 1.165) is 14.8 Å². The number of nitrogens with two attached hydrogens (primary N) is 1. The van der Waals surface area contributed by atoms with Crippen LogP contribution in [0.15, 0.2) is 33.5 Å². The number of aromatic nitrogens is 2. The van der Waals surface area contributed by atoms with Gasteiger partial charge in [-0.3, -0.25) is 4.79 Å². The lowest BCUT2D eigenvalue weighted by Gasteiger charge is -2.00. The molecule has 4 nitrogen and oxygen atoms in total. The number of nitrogens with zero attached hydrogens (tertiary/aromatic N) is 2. The molecule has 0 aliphatic carbocycles. The van der Waals surface area contributed by atoms with E-state index in [0.29, 0.717) is 10.9 Å². The third-order valence-electron chi connectivity index (χ3n) is 2.16. The molecule has 0 amide bonds. The van der Waals surface area contributed by atoms with Crippen molar-refractivity contribution in [1.29, 1.82) is 0 Å². The maximum absolute atomic E-state index is 11.9. The van der Waals surface area contributed by atoms with Crippen molar-refractivity contribution in [3.63, 3.8) is 0 Å². The third-order valence-corrected chi connectivity index (χ3v) is 4.79. The summed E-state index contributed by atoms with van der Waals surface area (Å²) in [6.45, 7) is 0. The van der Waals surface area contributed by atoms with Crippen LogP contribution in [0.3, 0.4) is 0 Å². The highest BCUT2D eigenvalue weighted by Crippen LogP contribution is 2.24. The van der Waals surface area contributed by atoms with E-state index in [2.05, 4.69) is 10.2 Å². The summed E-state index contributed by atoms with van der Waals surface area (Å²) in [7, 11) is 0. The second-order valence-corrected chi connectivity index (χ2v) is 6.46. The molecule has 0 atom stereocenters. The van der Waals surface area contributed by atoms with Gasteiger partial charge in [-0.05, 0) is 18.4 Å². The normalized spacial score (nSPS) is 10.5. The number of nitrogen functional groups attached to an aromatic ring is 1. The molecule has 0 fully saturated rings. The van der Waals surface area contributed by atoms with Crippen molar-refractivity contribution in [2.24, 2.45) is 0 Å². The summed E-state index contributed by atoms with van der Waals surface area (Å²) in [5, 5.41) is 7.99. The summed E-state index contributed by atoms with van der Waals surface area (Å²) in [5.41, 5.74) is 6.19. The van der Waals surface area contributed by atoms with Gasteiger partial charge in [-0.25, -0.2) is 0 Å². The van der Waals surface area contributed by atoms with E-state index in [9.17, 15) is 4.79 Å². The van der Waals surface area contributed by atoms with Crippen molar-refractivity contribution in [2.45, 2.75) is 9.24 Å². The molecule has 94 valence electrons. The second kappa shape index (κ2) is 6.21. The standard InChI is InChI=1S/C11H11N3OS3/c1-16-8-4-2-7(3-5-8)9(15)6-17-11-14-13-10(12)18-11/h2-5H,6H2,1H3,(H2,12,13). The SMILES string of the molecule is CSc1ccc(C(=O)CSc2nnc(N)s2)cc1. The van der Waals surface area contributed by atoms with Crippen LogP contribution in [-0.2, 0) is 0 Å². The molecular formula is C11H11N3OS3. The number of carbonyl (C=O) groups is 1. The molecule has 1 aromatic heterocycles. The van der Waals surface area contributed by atoms with E-state index < -0.39 is 0 Å². The monoisotopic (exact) mass is 297 g/mol. The zero-order chi connectivity index (χ0) is 13.0. The first-order chi connectivity index (χ1) is 8.69. The highest BCUT2D eigenvalue weighted by molar-refractivity contribution is 8.01. The summed E-state index contributed by atoms with van der Waals surface area (Å²) >= 11 is 4.31. The molecule has 0 bridgehead atoms. The third kappa shape index (κ3) is 3.47. The van der Waals surface area contributed by atoms with E-state index in [1.54, 1.807) is 11.8 Å². The van der Waals surface area contributed by atoms with Crippen molar-refractivity contribution in [2.75, 3.05) is 17.7 Å². The van der Waals surface area contributed by atoms with Crippen LogP contribution >= 0.6 is 34.9 Å². The van der Waals surface area contributed by atoms with Gasteiger partial charge < -0.3 is 5.73 Å². The van der Waals surface area contributed by atoms with Crippen LogP contribution in [-0.4, -0.2) is 28.0 Å². The Hall–Kier alpha value is -1.05. The Morgan fingerprint density at radius 3 is 2.61 bits per heavy atom. The lowest BCUT2D eigenvalue weighted by Crippen LogP contribution is -2.01. The molecule has 0 spiro atoms. The van der Waals surface area contributed by atoms with Gasteiger partial charge in [0.25, 0.3) is 0 Å². The molecule has 0 unspecified atom stereocenters. The van der Waals surface area contributed by atoms with Crippen molar-refractivity contribution in [3.05, 3.63) is 29.8 Å². The number of hydrogen-bond acceptors (Lipinski definition) is 7. The molecule has 18 heavy (non-hydrogen) atoms. The van der Waals surface area contributed by atoms with Crippen LogP contribution in [0.5, 0.6) is 0 Å². The van der Waals surface area contributed by atoms with Gasteiger partial charge >= 0.3 is 0 Å². The first kappa shape index (κ1) is 13.4. The molecular weight excluding hydrogens is 286 g/mol. The predicted octanol–water partition coefficient (Wildman–Crippen LogP) is 2.82. The fraction of sp³-hybridized carbons (Fsp3) is 0.182. The largest absolute Gasteiger partial charge is 0.374 e. The highest BCUT2D eigenvalue weighted by atomic mass is 32.2. The smallest absolute Gasteiger partial charge is 0.203 e. The highest BCUT2D eigenvalue weighted by Gasteiger charge is 2.09. The van der Waals surface area contributed by atoms with E-state index in [1.807, 2.05) is 30.5 Å². The van der Waals surface area contributed by atoms with Gasteiger partial charge in [0.15, 0.2) is 10.1 Å². The average molecular weight is 297 g/mol. The van der Waals surface area contributed by atoms with Gasteiger partial charge in [0.2, 0.25) is 5.13 Å². The Bertz CT molecular complexity index is 539. The molecule has 0 saturated carbocycles. The average Bonchev–Trinajstić information content (AvgIpc) is 2.82. The molecule has 0 aliphatic rings. The number of rotatable bonds is 5. The summed E-state index contributed by atoms with van der Waals surface area (Å²) in [6.07, 6.45) is 2.01. The van der Waals surface area contributed by atoms with Crippen LogP contribution in [0.2, 0.25) is 0 Å². The molecule has 1 aromatic carbocycles. The molecule has 7 heteroatoms. The lowest BCUT2D eigenvalue weighted by atomic mass is 10.1. The van der Waals surface area contributed by atoms with Crippen LogP contribution in [0.1, 0.15) is 10.4 Å². The number of benzene rings is 1. The molecule has 0 aliphatic heterocycles. The van der Waals surface area contributed by atoms with Gasteiger partial charge in [-0.1, -0.05) is 35.2 Å². The Morgan fingerprint density at radius 2 is 2.06 bits per heavy atom. The fourth-order valence-corrected chi connectivity index (χ4v) is 3.21. The Morgan fingerprint density at radius 1 is 1.33 bits per heavy atom. The van der Waals surface area contributed by atoms with Crippen molar-refractivity contribution < 1.29 is 4.79 Å². The Labute approximate surface area is 117 Å². The Balaban J connectivity index is 1.94. The van der Waals surface area contributed by atoms with Gasteiger partial charge in [-0.2, -0.15) is 0 Å². The van der Waals surface area contributed by atoms with E-state index >= 15 is 0 Å². The number of Topliss-reactive ketones (excluding diaryl/α,β-unsaturated/α-hetero) is 1. The predicted molar refractivity (Wildman–Crippen MR) is 77.6 cm³/mol. The maximum Gasteiger partial charge on any atom is 0.203 e. The number of carbonyl (C=O) groups excluding carboxylic acids is 1. The summed E-state index contributed by atoms with van der Waals surface area (Å²) < 4.78 is 0.724. The number of ketones is 1. The van der Waals surface area contributed by atoms with Gasteiger partial charge in [0.05, 0.1) is 5.75 Å². The molecule has 2 rings (SSSR count). The van der Waals surface area contributed by atoms with Crippen molar-refractivity contribution in [3.8, 4) is 0 Å². The van der Waals surface area contributed by atoms with E-state index in [1.165, 1.54) is 23.1 Å². The summed E-state index contributed by atoms with van der Waals surface area (Å²) in [4.78, 5) is 13.1. The molecule has 0 radical (unpaired) electrons. The summed E-state index contributed by atoms with van der Waals surface area (Å²) in [5.74, 6) is 0.439. The molecule has 2 N–H and O–H groups in total. The van der Waals surface area contributed by atoms with Crippen LogP contribution in [0, 0.1) is 0 Å². The van der Waals surface area contributed by atoms with Crippen LogP contribution in [0.4, 0.5) is 5.13 Å². The van der Waals surface area contributed by atoms with Crippen LogP contribution in [0.25, 0.3) is 0 Å². The number of thioether (sulfide) groups is 2. The van der Waals surface area contributed by atoms with Crippen molar-refractivity contribution >= 4 is 45.8 Å². The second-order valence-electron chi connectivity index (χ2n) is 3.35. The molecule has 1 heterocycles. The van der Waals surface area contributed by atoms with Crippen molar-refractivity contribution in [1.82, 2.24) is 10.2 Å². The minimum atomic E-state index is 0.0847. The molecule has 0 saturated heterocycles. The van der Waals surface area contributed by atoms with Gasteiger partial charge in [0.1, 0.15) is 0 Å². The maximum atomic E-state index is 11.9. The van der Waals surface area contributed by atoms with E-state index in [-0.39, 0.29) is 5.78 Å². The minimum absolute atomic E-state index is 0.0847. The number of anilines is 1. The number of hydrogen-bond donors (Lipinski definition) is 1. The zero-order valence-corrected chi connectivity index (χ0v) is 12.1. The summed E-state index contributed by atoms with van der Waals surface area (Å²) in [6, 6.07) is 7.60. The fourth-order valence-electron chi connectivity index (χ4n) is 1.27. The molecule has 2 aromatic rings. The zero-order valence-electron chi connectivity index (χ0n) is 9.62. The van der Waals surface area contributed by atoms with E-state index in [4.69, 9.17) is 5.73 Å². The topological polar surface area (TPSA) is 68.9 Å². The first-order valence-electron chi connectivity index (χ1n) is 5.08. The van der Waals surface area contributed by atoms with Crippen LogP contribution < -0.4 is 5.73 Å². The quantitative estimate of drug-likeness (QED) is 0.676. The van der Waals surface area contributed by atoms with Gasteiger partial charge in [0, 0.05) is 10.5 Å². The Kier molecular flexibility index (Phi) is 4.62. The first-order valence-corrected chi connectivity index (χ1v) is 8.11. The lowest BCUT2D eigenvalue weighted by molar-refractivity contribution is 0.102. The minimum Gasteiger partial charge on any atom is -0.374 e.